The summed E-state index contributed by atoms with van der Waals surface area (Å²) >= 11 is 0. The Morgan fingerprint density at radius 3 is 2.15 bits per heavy atom. The van der Waals surface area contributed by atoms with Crippen molar-refractivity contribution in [3.8, 4) is 0 Å². The van der Waals surface area contributed by atoms with E-state index in [1.807, 2.05) is 0 Å². The second kappa shape index (κ2) is 10.1. The van der Waals surface area contributed by atoms with Crippen molar-refractivity contribution in [2.75, 3.05) is 7.11 Å². The summed E-state index contributed by atoms with van der Waals surface area (Å²) in [6.45, 7) is 6.58. The van der Waals surface area contributed by atoms with Crippen LogP contribution in [0.5, 0.6) is 0 Å². The largest absolute Gasteiger partial charge is 0.772 e. The molecule has 0 aliphatic carbocycles. The third-order valence-electron chi connectivity index (χ3n) is 2.30. The zero-order valence-corrected chi connectivity index (χ0v) is 9.89. The number of rotatable bonds is 5. The predicted octanol–water partition coefficient (Wildman–Crippen LogP) is 2.55. The molecule has 0 amide bonds. The molecule has 0 heterocycles. The minimum atomic E-state index is -1.08. The van der Waals surface area contributed by atoms with E-state index < -0.39 is 8.69 Å². The molecule has 0 saturated heterocycles. The highest BCUT2D eigenvalue weighted by atomic mass is 31.1. The van der Waals surface area contributed by atoms with E-state index in [0.717, 1.165) is 6.42 Å². The number of unbranched alkanes of at least 4 members (excludes halogenated alkanes) is 1. The van der Waals surface area contributed by atoms with E-state index in [-0.39, 0.29) is 5.60 Å². The van der Waals surface area contributed by atoms with Gasteiger partial charge in [-0.15, -0.1) is 0 Å². The van der Waals surface area contributed by atoms with Crippen molar-refractivity contribution in [3.63, 3.8) is 0 Å². The van der Waals surface area contributed by atoms with Gasteiger partial charge >= 0.3 is 0 Å². The minimum absolute atomic E-state index is 0.135. The van der Waals surface area contributed by atoms with Gasteiger partial charge in [0.15, 0.2) is 0 Å². The zero-order chi connectivity index (χ0) is 10.7. The maximum atomic E-state index is 8.35. The predicted molar refractivity (Wildman–Crippen MR) is 52.8 cm³/mol. The van der Waals surface area contributed by atoms with Crippen LogP contribution in [0, 0.1) is 0 Å². The van der Waals surface area contributed by atoms with E-state index >= 15 is 0 Å². The first-order chi connectivity index (χ1) is 6.10. The standard InChI is InChI=1S/C9H20O.HO2P/c1-5-7-8-9(3,6-2)10-4;1-3-2/h5-8H2,1-4H3;(H,1,2)/p-1. The Balaban J connectivity index is 0. The monoisotopic (exact) mass is 207 g/mol. The van der Waals surface area contributed by atoms with Crippen LogP contribution in [0.1, 0.15) is 46.5 Å². The Labute approximate surface area is 82.8 Å². The summed E-state index contributed by atoms with van der Waals surface area (Å²) in [4.78, 5) is 8.35. The summed E-state index contributed by atoms with van der Waals surface area (Å²) in [6, 6.07) is 0. The fourth-order valence-electron chi connectivity index (χ4n) is 0.974. The van der Waals surface area contributed by atoms with E-state index in [0.29, 0.717) is 0 Å². The van der Waals surface area contributed by atoms with E-state index in [9.17, 15) is 0 Å². The second-order valence-electron chi connectivity index (χ2n) is 3.19. The van der Waals surface area contributed by atoms with Crippen LogP contribution >= 0.6 is 8.69 Å². The van der Waals surface area contributed by atoms with Gasteiger partial charge < -0.3 is 9.63 Å². The van der Waals surface area contributed by atoms with Crippen LogP contribution in [0.4, 0.5) is 0 Å². The van der Waals surface area contributed by atoms with Gasteiger partial charge in [-0.2, -0.15) is 0 Å². The third-order valence-corrected chi connectivity index (χ3v) is 2.30. The summed E-state index contributed by atoms with van der Waals surface area (Å²) in [6.07, 6.45) is 4.84. The summed E-state index contributed by atoms with van der Waals surface area (Å²) < 4.78 is 13.7. The van der Waals surface area contributed by atoms with E-state index in [2.05, 4.69) is 20.8 Å². The molecule has 0 N–H and O–H groups in total. The summed E-state index contributed by atoms with van der Waals surface area (Å²) in [5, 5.41) is 0. The molecule has 0 bridgehead atoms. The van der Waals surface area contributed by atoms with Gasteiger partial charge in [-0.05, 0) is 19.8 Å². The maximum Gasteiger partial charge on any atom is 0.0648 e. The first-order valence-electron chi connectivity index (χ1n) is 4.60. The molecule has 13 heavy (non-hydrogen) atoms. The number of methoxy groups -OCH3 is 1. The first kappa shape index (κ1) is 15.5. The molecule has 1 unspecified atom stereocenters. The second-order valence-corrected chi connectivity index (χ2v) is 3.33. The Hall–Kier alpha value is 0.0200. The van der Waals surface area contributed by atoms with Crippen molar-refractivity contribution in [2.24, 2.45) is 0 Å². The molecular weight excluding hydrogens is 187 g/mol. The maximum absolute atomic E-state index is 8.35. The van der Waals surface area contributed by atoms with Crippen molar-refractivity contribution in [1.29, 1.82) is 0 Å². The number of ether oxygens (including phenoxy) is 1. The molecule has 3 nitrogen and oxygen atoms in total. The summed E-state index contributed by atoms with van der Waals surface area (Å²) in [5.41, 5.74) is 0.135. The quantitative estimate of drug-likeness (QED) is 0.651. The van der Waals surface area contributed by atoms with Crippen LogP contribution in [0.15, 0.2) is 0 Å². The Kier molecular flexibility index (Phi) is 12.0. The SMILES string of the molecule is CCCCC(C)(CC)OC.O=P[O-]. The van der Waals surface area contributed by atoms with Crippen LogP contribution in [0.3, 0.4) is 0 Å². The molecule has 0 rings (SSSR count). The highest BCUT2D eigenvalue weighted by Gasteiger charge is 2.19. The number of hydrogen-bond donors (Lipinski definition) is 0. The highest BCUT2D eigenvalue weighted by Crippen LogP contribution is 2.20. The Morgan fingerprint density at radius 2 is 1.92 bits per heavy atom. The molecule has 0 aromatic carbocycles. The fraction of sp³-hybridized carbons (Fsp3) is 1.00. The van der Waals surface area contributed by atoms with E-state index in [1.54, 1.807) is 7.11 Å². The smallest absolute Gasteiger partial charge is 0.0648 e. The topological polar surface area (TPSA) is 49.4 Å². The van der Waals surface area contributed by atoms with Crippen molar-refractivity contribution in [2.45, 2.75) is 52.1 Å². The van der Waals surface area contributed by atoms with Gasteiger partial charge in [0.05, 0.1) is 14.3 Å². The lowest BCUT2D eigenvalue weighted by molar-refractivity contribution is -0.154. The van der Waals surface area contributed by atoms with E-state index in [1.165, 1.54) is 19.3 Å². The number of hydrogen-bond acceptors (Lipinski definition) is 3. The Bertz CT molecular complexity index is 113. The van der Waals surface area contributed by atoms with Gasteiger partial charge in [0, 0.05) is 7.11 Å². The molecule has 0 aliphatic heterocycles. The average molecular weight is 207 g/mol. The zero-order valence-electron chi connectivity index (χ0n) is 9.00. The Morgan fingerprint density at radius 1 is 1.46 bits per heavy atom. The van der Waals surface area contributed by atoms with Crippen LogP contribution in [0.2, 0.25) is 0 Å². The van der Waals surface area contributed by atoms with Gasteiger partial charge in [0.25, 0.3) is 0 Å². The molecule has 0 aromatic heterocycles. The van der Waals surface area contributed by atoms with Gasteiger partial charge in [-0.25, -0.2) is 0 Å². The minimum Gasteiger partial charge on any atom is -0.772 e. The van der Waals surface area contributed by atoms with Crippen LogP contribution < -0.4 is 4.89 Å². The van der Waals surface area contributed by atoms with Gasteiger partial charge in [-0.1, -0.05) is 26.7 Å². The highest BCUT2D eigenvalue weighted by molar-refractivity contribution is 7.14. The third kappa shape index (κ3) is 9.94. The molecule has 0 radical (unpaired) electrons. The van der Waals surface area contributed by atoms with Gasteiger partial charge in [0.1, 0.15) is 0 Å². The van der Waals surface area contributed by atoms with Crippen molar-refractivity contribution >= 4 is 8.69 Å². The van der Waals surface area contributed by atoms with Crippen molar-refractivity contribution in [3.05, 3.63) is 0 Å². The van der Waals surface area contributed by atoms with Crippen LogP contribution in [-0.2, 0) is 9.30 Å². The van der Waals surface area contributed by atoms with Gasteiger partial charge in [-0.3, -0.25) is 4.57 Å². The van der Waals surface area contributed by atoms with Crippen molar-refractivity contribution in [1.82, 2.24) is 0 Å². The molecule has 0 fully saturated rings. The molecule has 4 heteroatoms. The van der Waals surface area contributed by atoms with E-state index in [4.69, 9.17) is 14.2 Å². The van der Waals surface area contributed by atoms with Crippen LogP contribution in [0.25, 0.3) is 0 Å². The summed E-state index contributed by atoms with van der Waals surface area (Å²) in [7, 11) is 0.721. The molecule has 0 aromatic rings. The lowest BCUT2D eigenvalue weighted by Crippen LogP contribution is -2.25. The lowest BCUT2D eigenvalue weighted by atomic mass is 9.96. The first-order valence-corrected chi connectivity index (χ1v) is 5.33. The van der Waals surface area contributed by atoms with Gasteiger partial charge in [0.2, 0.25) is 0 Å². The lowest BCUT2D eigenvalue weighted by Gasteiger charge is -2.26. The normalized spacial score (nSPS) is 14.5. The van der Waals surface area contributed by atoms with Crippen molar-refractivity contribution < 1.29 is 14.2 Å². The molecule has 80 valence electrons. The molecular formula is C9H20O3P-. The average Bonchev–Trinajstić information content (AvgIpc) is 2.15. The molecule has 1 atom stereocenters. The molecule has 0 saturated carbocycles. The van der Waals surface area contributed by atoms with Crippen LogP contribution in [-0.4, -0.2) is 12.7 Å². The molecule has 0 spiro atoms. The fourth-order valence-corrected chi connectivity index (χ4v) is 0.974. The summed E-state index contributed by atoms with van der Waals surface area (Å²) in [5.74, 6) is 0. The molecule has 0 aliphatic rings.